The summed E-state index contributed by atoms with van der Waals surface area (Å²) in [5.41, 5.74) is 7.27. The second-order valence-corrected chi connectivity index (χ2v) is 5.47. The Morgan fingerprint density at radius 3 is 2.70 bits per heavy atom. The zero-order chi connectivity index (χ0) is 17.6. The molecule has 1 aromatic carbocycles. The highest BCUT2D eigenvalue weighted by atomic mass is 79.9. The number of nitrogens with two attached hydrogens (primary N) is 1. The van der Waals surface area contributed by atoms with Crippen molar-refractivity contribution < 1.29 is 18.3 Å². The molecular weight excluding hydrogens is 368 g/mol. The van der Waals surface area contributed by atoms with Crippen LogP contribution in [0.5, 0.6) is 5.75 Å². The molecule has 23 heavy (non-hydrogen) atoms. The maximum Gasteiger partial charge on any atom is 0.272 e. The minimum absolute atomic E-state index is 0.0405. The minimum atomic E-state index is -2.58. The third-order valence-electron chi connectivity index (χ3n) is 2.95. The van der Waals surface area contributed by atoms with E-state index >= 15 is 0 Å². The highest BCUT2D eigenvalue weighted by Gasteiger charge is 2.13. The molecule has 0 aliphatic heterocycles. The minimum Gasteiger partial charge on any atom is -0.486 e. The summed E-state index contributed by atoms with van der Waals surface area (Å²) < 4.78 is 30.1. The largest absolute Gasteiger partial charge is 0.486 e. The van der Waals surface area contributed by atoms with Crippen LogP contribution >= 0.6 is 15.9 Å². The molecule has 0 aliphatic carbocycles. The van der Waals surface area contributed by atoms with Crippen molar-refractivity contribution in [1.82, 2.24) is 0 Å². The highest BCUT2D eigenvalue weighted by molar-refractivity contribution is 9.10. The van der Waals surface area contributed by atoms with Gasteiger partial charge < -0.3 is 10.5 Å². The molecule has 0 heterocycles. The number of hydrogen-bond donors (Lipinski definition) is 1. The van der Waals surface area contributed by atoms with Crippen molar-refractivity contribution in [3.63, 3.8) is 0 Å². The molecule has 0 fully saturated rings. The van der Waals surface area contributed by atoms with Crippen LogP contribution in [-0.2, 0) is 4.79 Å². The molecule has 0 unspecified atom stereocenters. The van der Waals surface area contributed by atoms with E-state index in [0.29, 0.717) is 10.0 Å². The van der Waals surface area contributed by atoms with Crippen LogP contribution < -0.4 is 10.5 Å². The van der Waals surface area contributed by atoms with E-state index in [2.05, 4.69) is 21.9 Å². The summed E-state index contributed by atoms with van der Waals surface area (Å²) in [7, 11) is 0. The van der Waals surface area contributed by atoms with Gasteiger partial charge in [0, 0.05) is 0 Å². The number of terminal acetylenes is 1. The Kier molecular flexibility index (Phi) is 6.98. The van der Waals surface area contributed by atoms with E-state index in [1.807, 2.05) is 0 Å². The summed E-state index contributed by atoms with van der Waals surface area (Å²) in [5, 5.41) is 0. The Balaban J connectivity index is 3.17. The first-order valence-electron chi connectivity index (χ1n) is 6.66. The molecule has 3 nitrogen and oxygen atoms in total. The standard InChI is InChI=1S/C17H16BrF2NO2/c1-4-11(5-2)17(22)14(21)7-12-8-15(23-9-16(19)20)13(18)6-10(12)3/h1,5-8,16H,9,21H2,2-3H3/b11-5+,14-7-. The Morgan fingerprint density at radius 2 is 2.17 bits per heavy atom. The topological polar surface area (TPSA) is 52.3 Å². The van der Waals surface area contributed by atoms with E-state index < -0.39 is 18.8 Å². The molecule has 6 heteroatoms. The predicted molar refractivity (Wildman–Crippen MR) is 90.1 cm³/mol. The normalized spacial score (nSPS) is 12.2. The quantitative estimate of drug-likeness (QED) is 0.599. The third kappa shape index (κ3) is 5.22. The molecule has 0 aliphatic rings. The maximum atomic E-state index is 12.3. The first kappa shape index (κ1) is 18.9. The van der Waals surface area contributed by atoms with Crippen LogP contribution in [0.4, 0.5) is 8.78 Å². The molecule has 0 aromatic heterocycles. The lowest BCUT2D eigenvalue weighted by atomic mass is 10.0. The van der Waals surface area contributed by atoms with Gasteiger partial charge in [0.15, 0.2) is 0 Å². The maximum absolute atomic E-state index is 12.3. The fourth-order valence-electron chi connectivity index (χ4n) is 1.76. The number of carbonyl (C=O) groups is 1. The van der Waals surface area contributed by atoms with Crippen LogP contribution in [0.25, 0.3) is 6.08 Å². The van der Waals surface area contributed by atoms with Crippen molar-refractivity contribution in [3.8, 4) is 18.1 Å². The van der Waals surface area contributed by atoms with Crippen LogP contribution in [0.1, 0.15) is 18.1 Å². The molecule has 0 bridgehead atoms. The molecular formula is C17H16BrF2NO2. The van der Waals surface area contributed by atoms with E-state index in [4.69, 9.17) is 16.9 Å². The van der Waals surface area contributed by atoms with Gasteiger partial charge in [0.2, 0.25) is 5.78 Å². The summed E-state index contributed by atoms with van der Waals surface area (Å²) in [6, 6.07) is 3.23. The number of halogens is 3. The lowest BCUT2D eigenvalue weighted by Crippen LogP contribution is -2.13. The number of rotatable bonds is 6. The molecule has 0 amide bonds. The molecule has 0 radical (unpaired) electrons. The van der Waals surface area contributed by atoms with Gasteiger partial charge in [-0.2, -0.15) is 0 Å². The first-order chi connectivity index (χ1) is 10.8. The summed E-state index contributed by atoms with van der Waals surface area (Å²) in [5.74, 6) is 2.04. The molecule has 2 N–H and O–H groups in total. The Hall–Kier alpha value is -2.13. The molecule has 0 atom stereocenters. The highest BCUT2D eigenvalue weighted by Crippen LogP contribution is 2.30. The number of ether oxygens (including phenoxy) is 1. The van der Waals surface area contributed by atoms with Crippen molar-refractivity contribution in [2.24, 2.45) is 5.73 Å². The average molecular weight is 384 g/mol. The predicted octanol–water partition coefficient (Wildman–Crippen LogP) is 3.85. The molecule has 122 valence electrons. The first-order valence-corrected chi connectivity index (χ1v) is 7.45. The van der Waals surface area contributed by atoms with E-state index in [0.717, 1.165) is 5.56 Å². The Morgan fingerprint density at radius 1 is 1.52 bits per heavy atom. The number of alkyl halides is 2. The monoisotopic (exact) mass is 383 g/mol. The van der Waals surface area contributed by atoms with Crippen LogP contribution in [0.15, 0.2) is 34.0 Å². The van der Waals surface area contributed by atoms with Gasteiger partial charge in [-0.15, -0.1) is 6.42 Å². The SMILES string of the molecule is C#C/C(=C\C)C(=O)/C(N)=C/c1cc(OCC(F)F)c(Br)cc1C. The Bertz CT molecular complexity index is 703. The van der Waals surface area contributed by atoms with Crippen molar-refractivity contribution in [3.05, 3.63) is 45.1 Å². The van der Waals surface area contributed by atoms with Gasteiger partial charge in [-0.25, -0.2) is 8.78 Å². The van der Waals surface area contributed by atoms with Crippen molar-refractivity contribution in [1.29, 1.82) is 0 Å². The second-order valence-electron chi connectivity index (χ2n) is 4.62. The molecule has 0 saturated heterocycles. The van der Waals surface area contributed by atoms with Crippen LogP contribution in [0, 0.1) is 19.3 Å². The Labute approximate surface area is 142 Å². The number of hydrogen-bond acceptors (Lipinski definition) is 3. The van der Waals surface area contributed by atoms with Gasteiger partial charge in [-0.3, -0.25) is 4.79 Å². The molecule has 0 spiro atoms. The van der Waals surface area contributed by atoms with E-state index in [1.54, 1.807) is 19.9 Å². The average Bonchev–Trinajstić information content (AvgIpc) is 2.49. The number of Topliss-reactive ketones (excluding diaryl/α,β-unsaturated/α-hetero) is 1. The fraction of sp³-hybridized carbons (Fsp3) is 0.235. The number of allylic oxidation sites excluding steroid dienone is 2. The third-order valence-corrected chi connectivity index (χ3v) is 3.57. The summed E-state index contributed by atoms with van der Waals surface area (Å²) in [4.78, 5) is 12.0. The number of aryl methyl sites for hydroxylation is 1. The molecule has 0 saturated carbocycles. The van der Waals surface area contributed by atoms with Gasteiger partial charge in [-0.05, 0) is 59.1 Å². The summed E-state index contributed by atoms with van der Waals surface area (Å²) in [6.07, 6.45) is 5.60. The van der Waals surface area contributed by atoms with E-state index in [9.17, 15) is 13.6 Å². The van der Waals surface area contributed by atoms with Crippen LogP contribution in [0.3, 0.4) is 0 Å². The number of ketones is 1. The molecule has 1 aromatic rings. The fourth-order valence-corrected chi connectivity index (χ4v) is 2.33. The van der Waals surface area contributed by atoms with Gasteiger partial charge in [0.1, 0.15) is 12.4 Å². The van der Waals surface area contributed by atoms with Crippen LogP contribution in [0.2, 0.25) is 0 Å². The van der Waals surface area contributed by atoms with Gasteiger partial charge >= 0.3 is 0 Å². The number of carbonyl (C=O) groups excluding carboxylic acids is 1. The zero-order valence-corrected chi connectivity index (χ0v) is 14.3. The van der Waals surface area contributed by atoms with Crippen molar-refractivity contribution in [2.45, 2.75) is 20.3 Å². The van der Waals surface area contributed by atoms with Gasteiger partial charge in [0.25, 0.3) is 6.43 Å². The summed E-state index contributed by atoms with van der Waals surface area (Å²) >= 11 is 3.25. The number of benzene rings is 1. The van der Waals surface area contributed by atoms with Crippen molar-refractivity contribution in [2.75, 3.05) is 6.61 Å². The van der Waals surface area contributed by atoms with E-state index in [-0.39, 0.29) is 17.0 Å². The summed E-state index contributed by atoms with van der Waals surface area (Å²) in [6.45, 7) is 2.71. The lowest BCUT2D eigenvalue weighted by Gasteiger charge is -2.11. The van der Waals surface area contributed by atoms with Gasteiger partial charge in [-0.1, -0.05) is 12.0 Å². The smallest absolute Gasteiger partial charge is 0.272 e. The van der Waals surface area contributed by atoms with Gasteiger partial charge in [0.05, 0.1) is 15.7 Å². The second kappa shape index (κ2) is 8.49. The van der Waals surface area contributed by atoms with E-state index in [1.165, 1.54) is 18.2 Å². The van der Waals surface area contributed by atoms with Crippen LogP contribution in [-0.4, -0.2) is 18.8 Å². The molecule has 1 rings (SSSR count). The zero-order valence-electron chi connectivity index (χ0n) is 12.7. The van der Waals surface area contributed by atoms with Crippen molar-refractivity contribution >= 4 is 27.8 Å². The lowest BCUT2D eigenvalue weighted by molar-refractivity contribution is -0.111.